The summed E-state index contributed by atoms with van der Waals surface area (Å²) in [7, 11) is -2.35. The largest absolute Gasteiger partial charge is 0.338 e. The number of thiazole rings is 1. The van der Waals surface area contributed by atoms with Crippen LogP contribution in [0.2, 0.25) is 0 Å². The van der Waals surface area contributed by atoms with Crippen LogP contribution in [0, 0.1) is 6.92 Å². The summed E-state index contributed by atoms with van der Waals surface area (Å²) in [5.74, 6) is 0.607. The molecule has 0 bridgehead atoms. The Morgan fingerprint density at radius 2 is 2.00 bits per heavy atom. The smallest absolute Gasteiger partial charge is 0.308 e. The number of aromatic nitrogens is 3. The maximum absolute atomic E-state index is 13.1. The Morgan fingerprint density at radius 1 is 1.19 bits per heavy atom. The van der Waals surface area contributed by atoms with Crippen molar-refractivity contribution in [2.45, 2.75) is 38.3 Å². The molecule has 0 spiro atoms. The number of hydrogen-bond acceptors (Lipinski definition) is 7. The summed E-state index contributed by atoms with van der Waals surface area (Å²) in [6.45, 7) is 4.50. The SMILES string of the molecule is CCCn1c(=O)sc2cc(S(=O)(=O)N(C)Cc3nc(-c4cccc(C)c4)no3)ccc21. The van der Waals surface area contributed by atoms with Gasteiger partial charge in [-0.1, -0.05) is 47.2 Å². The van der Waals surface area contributed by atoms with Crippen LogP contribution >= 0.6 is 11.3 Å². The van der Waals surface area contributed by atoms with Crippen LogP contribution in [0.15, 0.2) is 56.7 Å². The molecule has 0 radical (unpaired) electrons. The van der Waals surface area contributed by atoms with Crippen LogP contribution in [-0.2, 0) is 23.1 Å². The number of rotatable bonds is 7. The summed E-state index contributed by atoms with van der Waals surface area (Å²) in [5, 5.41) is 3.96. The van der Waals surface area contributed by atoms with Gasteiger partial charge in [-0.2, -0.15) is 9.29 Å². The number of sulfonamides is 1. The van der Waals surface area contributed by atoms with Gasteiger partial charge in [0.1, 0.15) is 0 Å². The molecule has 0 unspecified atom stereocenters. The molecular weight excluding hydrogens is 436 g/mol. The van der Waals surface area contributed by atoms with Crippen LogP contribution in [-0.4, -0.2) is 34.5 Å². The fraction of sp³-hybridized carbons (Fsp3) is 0.286. The van der Waals surface area contributed by atoms with E-state index in [0.717, 1.165) is 38.7 Å². The molecule has 10 heteroatoms. The molecule has 0 aliphatic carbocycles. The van der Waals surface area contributed by atoms with Gasteiger partial charge < -0.3 is 4.52 Å². The fourth-order valence-electron chi connectivity index (χ4n) is 3.32. The predicted octanol–water partition coefficient (Wildman–Crippen LogP) is 3.65. The van der Waals surface area contributed by atoms with Crippen molar-refractivity contribution in [3.05, 3.63) is 63.6 Å². The Bertz CT molecular complexity index is 1400. The lowest BCUT2D eigenvalue weighted by Crippen LogP contribution is -2.26. The summed E-state index contributed by atoms with van der Waals surface area (Å²) >= 11 is 1.05. The van der Waals surface area contributed by atoms with E-state index in [1.54, 1.807) is 16.7 Å². The van der Waals surface area contributed by atoms with E-state index in [2.05, 4.69) is 10.1 Å². The van der Waals surface area contributed by atoms with Crippen molar-refractivity contribution < 1.29 is 12.9 Å². The highest BCUT2D eigenvalue weighted by Gasteiger charge is 2.24. The summed E-state index contributed by atoms with van der Waals surface area (Å²) in [4.78, 5) is 16.6. The third-order valence-corrected chi connectivity index (χ3v) is 7.64. The third-order valence-electron chi connectivity index (χ3n) is 4.90. The van der Waals surface area contributed by atoms with E-state index < -0.39 is 10.0 Å². The van der Waals surface area contributed by atoms with Crippen molar-refractivity contribution in [1.82, 2.24) is 19.0 Å². The van der Waals surface area contributed by atoms with Crippen LogP contribution in [0.25, 0.3) is 21.6 Å². The quantitative estimate of drug-likeness (QED) is 0.419. The molecular formula is C21H22N4O4S2. The molecule has 0 saturated carbocycles. The van der Waals surface area contributed by atoms with Gasteiger partial charge in [-0.15, -0.1) is 0 Å². The molecule has 0 aliphatic rings. The van der Waals surface area contributed by atoms with Crippen molar-refractivity contribution in [2.24, 2.45) is 0 Å². The molecule has 0 atom stereocenters. The zero-order valence-electron chi connectivity index (χ0n) is 17.4. The normalized spacial score (nSPS) is 12.1. The second kappa shape index (κ2) is 8.37. The second-order valence-electron chi connectivity index (χ2n) is 7.29. The second-order valence-corrected chi connectivity index (χ2v) is 10.3. The molecule has 0 saturated heterocycles. The molecule has 2 heterocycles. The Kier molecular flexibility index (Phi) is 5.78. The van der Waals surface area contributed by atoms with Crippen LogP contribution in [0.1, 0.15) is 24.8 Å². The number of nitrogens with zero attached hydrogens (tertiary/aromatic N) is 4. The van der Waals surface area contributed by atoms with Crippen molar-refractivity contribution in [3.8, 4) is 11.4 Å². The van der Waals surface area contributed by atoms with Crippen molar-refractivity contribution in [3.63, 3.8) is 0 Å². The maximum atomic E-state index is 13.1. The molecule has 4 aromatic rings. The zero-order valence-corrected chi connectivity index (χ0v) is 19.0. The number of fused-ring (bicyclic) bond motifs is 1. The number of aryl methyl sites for hydroxylation is 2. The van der Waals surface area contributed by atoms with Gasteiger partial charge in [0, 0.05) is 19.2 Å². The lowest BCUT2D eigenvalue weighted by atomic mass is 10.1. The lowest BCUT2D eigenvalue weighted by Gasteiger charge is -2.15. The first-order valence-corrected chi connectivity index (χ1v) is 12.0. The summed E-state index contributed by atoms with van der Waals surface area (Å²) in [6, 6.07) is 12.4. The van der Waals surface area contributed by atoms with Gasteiger partial charge >= 0.3 is 4.87 Å². The van der Waals surface area contributed by atoms with E-state index in [1.165, 1.54) is 13.1 Å². The minimum Gasteiger partial charge on any atom is -0.338 e. The van der Waals surface area contributed by atoms with E-state index in [9.17, 15) is 13.2 Å². The molecule has 31 heavy (non-hydrogen) atoms. The van der Waals surface area contributed by atoms with E-state index in [1.807, 2.05) is 38.1 Å². The third kappa shape index (κ3) is 4.18. The Morgan fingerprint density at radius 3 is 2.74 bits per heavy atom. The molecule has 0 amide bonds. The van der Waals surface area contributed by atoms with E-state index in [4.69, 9.17) is 4.52 Å². The highest BCUT2D eigenvalue weighted by Crippen LogP contribution is 2.25. The first-order chi connectivity index (χ1) is 14.8. The van der Waals surface area contributed by atoms with Crippen LogP contribution in [0.5, 0.6) is 0 Å². The predicted molar refractivity (Wildman–Crippen MR) is 119 cm³/mol. The van der Waals surface area contributed by atoms with Crippen molar-refractivity contribution in [2.75, 3.05) is 7.05 Å². The van der Waals surface area contributed by atoms with Gasteiger partial charge in [-0.05, 0) is 37.6 Å². The van der Waals surface area contributed by atoms with Gasteiger partial charge in [0.15, 0.2) is 0 Å². The van der Waals surface area contributed by atoms with Gasteiger partial charge in [0.2, 0.25) is 21.7 Å². The molecule has 162 valence electrons. The van der Waals surface area contributed by atoms with Gasteiger partial charge in [0.25, 0.3) is 0 Å². The van der Waals surface area contributed by atoms with Gasteiger partial charge in [-0.3, -0.25) is 9.36 Å². The van der Waals surface area contributed by atoms with Crippen LogP contribution < -0.4 is 4.87 Å². The van der Waals surface area contributed by atoms with E-state index in [0.29, 0.717) is 17.1 Å². The lowest BCUT2D eigenvalue weighted by molar-refractivity contribution is 0.337. The van der Waals surface area contributed by atoms with E-state index >= 15 is 0 Å². The van der Waals surface area contributed by atoms with Crippen LogP contribution in [0.4, 0.5) is 0 Å². The highest BCUT2D eigenvalue weighted by atomic mass is 32.2. The van der Waals surface area contributed by atoms with Crippen molar-refractivity contribution in [1.29, 1.82) is 0 Å². The standard InChI is InChI=1S/C21H22N4O4S2/c1-4-10-25-17-9-8-16(12-18(17)30-21(25)26)31(27,28)24(3)13-19-22-20(23-29-19)15-7-5-6-14(2)11-15/h5-9,11-12H,4,10,13H2,1-3H3. The highest BCUT2D eigenvalue weighted by molar-refractivity contribution is 7.89. The number of hydrogen-bond donors (Lipinski definition) is 0. The summed E-state index contributed by atoms with van der Waals surface area (Å²) in [6.07, 6.45) is 0.823. The Balaban J connectivity index is 1.58. The molecule has 0 aliphatic heterocycles. The molecule has 8 nitrogen and oxygen atoms in total. The molecule has 4 rings (SSSR count). The molecule has 2 aromatic heterocycles. The zero-order chi connectivity index (χ0) is 22.2. The fourth-order valence-corrected chi connectivity index (χ4v) is 5.50. The van der Waals surface area contributed by atoms with Crippen LogP contribution in [0.3, 0.4) is 0 Å². The molecule has 0 N–H and O–H groups in total. The van der Waals surface area contributed by atoms with Gasteiger partial charge in [0.05, 0.1) is 21.7 Å². The Hall–Kier alpha value is -2.82. The molecule has 2 aromatic carbocycles. The summed E-state index contributed by atoms with van der Waals surface area (Å²) in [5.41, 5.74) is 2.62. The summed E-state index contributed by atoms with van der Waals surface area (Å²) < 4.78 is 34.9. The molecule has 0 fully saturated rings. The van der Waals surface area contributed by atoms with E-state index in [-0.39, 0.29) is 22.2 Å². The average molecular weight is 459 g/mol. The Labute approximate surface area is 183 Å². The van der Waals surface area contributed by atoms with Gasteiger partial charge in [-0.25, -0.2) is 8.42 Å². The maximum Gasteiger partial charge on any atom is 0.308 e. The topological polar surface area (TPSA) is 98.3 Å². The first-order valence-electron chi connectivity index (χ1n) is 9.79. The minimum atomic E-state index is -3.81. The monoisotopic (exact) mass is 458 g/mol. The average Bonchev–Trinajstić information content (AvgIpc) is 3.32. The number of benzene rings is 2. The minimum absolute atomic E-state index is 0.0632. The van der Waals surface area contributed by atoms with Crippen molar-refractivity contribution >= 4 is 31.6 Å². The first kappa shape index (κ1) is 21.4.